The van der Waals surface area contributed by atoms with Crippen molar-refractivity contribution in [1.29, 1.82) is 0 Å². The molecule has 2 fully saturated rings. The maximum Gasteiger partial charge on any atom is 0.573 e. The minimum absolute atomic E-state index is 0.114. The number of alkyl halides is 3. The molecule has 0 saturated carbocycles. The molecule has 5 rings (SSSR count). The van der Waals surface area contributed by atoms with Crippen molar-refractivity contribution in [3.05, 3.63) is 53.5 Å². The Morgan fingerprint density at radius 3 is 2.53 bits per heavy atom. The summed E-state index contributed by atoms with van der Waals surface area (Å²) in [4.78, 5) is 27.2. The molecule has 11 heteroatoms. The summed E-state index contributed by atoms with van der Waals surface area (Å²) < 4.78 is 40.9. The lowest BCUT2D eigenvalue weighted by atomic mass is 9.89. The number of pyridine rings is 1. The molecule has 180 valence electrons. The highest BCUT2D eigenvalue weighted by atomic mass is 19.4. The number of piperidine rings is 1. The predicted molar refractivity (Wildman–Crippen MR) is 119 cm³/mol. The fourth-order valence-corrected chi connectivity index (χ4v) is 4.68. The second kappa shape index (κ2) is 9.22. The van der Waals surface area contributed by atoms with Crippen molar-refractivity contribution in [3.63, 3.8) is 0 Å². The van der Waals surface area contributed by atoms with Gasteiger partial charge in [-0.2, -0.15) is 0 Å². The van der Waals surface area contributed by atoms with Crippen LogP contribution in [-0.2, 0) is 0 Å². The van der Waals surface area contributed by atoms with Gasteiger partial charge in [0, 0.05) is 44.5 Å². The van der Waals surface area contributed by atoms with Crippen LogP contribution in [0.1, 0.15) is 46.5 Å². The number of rotatable bonds is 4. The number of carbonyl (C=O) groups is 1. The summed E-state index contributed by atoms with van der Waals surface area (Å²) >= 11 is 0. The molecule has 3 N–H and O–H groups in total. The summed E-state index contributed by atoms with van der Waals surface area (Å²) in [5.41, 5.74) is 3.12. The van der Waals surface area contributed by atoms with Crippen LogP contribution in [0.25, 0.3) is 11.2 Å². The zero-order valence-corrected chi connectivity index (χ0v) is 18.4. The van der Waals surface area contributed by atoms with E-state index in [4.69, 9.17) is 0 Å². The lowest BCUT2D eigenvalue weighted by Gasteiger charge is -2.32. The number of carbonyl (C=O) groups excluding carboxylic acids is 1. The molecule has 2 aliphatic heterocycles. The predicted octanol–water partition coefficient (Wildman–Crippen LogP) is 3.11. The van der Waals surface area contributed by atoms with Gasteiger partial charge in [0.1, 0.15) is 11.6 Å². The third kappa shape index (κ3) is 4.85. The fraction of sp³-hybridized carbons (Fsp3) is 0.435. The Balaban J connectivity index is 1.25. The number of ether oxygens (including phenoxy) is 1. The van der Waals surface area contributed by atoms with Gasteiger partial charge in [-0.25, -0.2) is 9.97 Å². The van der Waals surface area contributed by atoms with Crippen LogP contribution in [0.2, 0.25) is 0 Å². The number of imidazole rings is 1. The fourth-order valence-electron chi connectivity index (χ4n) is 4.68. The standard InChI is InChI=1S/C23H25F3N6O2/c24-23(25,26)34-16-3-1-15(2-4-16)22(33)32-11-6-14(7-12-32)17-5-8-29-21-19(17)30-20(31-21)18-13-27-9-10-28-18/h1-5,8,14,18,27-28H,6-7,9-13H2,(H,29,30,31). The van der Waals surface area contributed by atoms with Crippen LogP contribution < -0.4 is 15.4 Å². The molecule has 2 aliphatic rings. The van der Waals surface area contributed by atoms with Gasteiger partial charge < -0.3 is 25.3 Å². The van der Waals surface area contributed by atoms with Crippen molar-refractivity contribution in [3.8, 4) is 5.75 Å². The number of benzene rings is 1. The first-order valence-corrected chi connectivity index (χ1v) is 11.3. The Morgan fingerprint density at radius 1 is 1.09 bits per heavy atom. The van der Waals surface area contributed by atoms with E-state index in [-0.39, 0.29) is 23.6 Å². The Kier molecular flexibility index (Phi) is 6.13. The molecule has 1 amide bonds. The molecule has 4 heterocycles. The number of halogens is 3. The Morgan fingerprint density at radius 2 is 1.85 bits per heavy atom. The van der Waals surface area contributed by atoms with Crippen LogP contribution in [0.5, 0.6) is 5.75 Å². The summed E-state index contributed by atoms with van der Waals surface area (Å²) in [5.74, 6) is 0.578. The van der Waals surface area contributed by atoms with Gasteiger partial charge >= 0.3 is 6.36 Å². The number of hydrogen-bond acceptors (Lipinski definition) is 6. The van der Waals surface area contributed by atoms with Crippen LogP contribution in [0, 0.1) is 0 Å². The Hall–Kier alpha value is -3.18. The van der Waals surface area contributed by atoms with Gasteiger partial charge in [0.2, 0.25) is 0 Å². The highest BCUT2D eigenvalue weighted by molar-refractivity contribution is 5.94. The molecule has 8 nitrogen and oxygen atoms in total. The maximum absolute atomic E-state index is 12.9. The molecule has 3 aromatic rings. The molecular formula is C23H25F3N6O2. The molecule has 0 bridgehead atoms. The van der Waals surface area contributed by atoms with Crippen molar-refractivity contribution in [2.24, 2.45) is 0 Å². The lowest BCUT2D eigenvalue weighted by molar-refractivity contribution is -0.274. The van der Waals surface area contributed by atoms with Crippen LogP contribution in [0.4, 0.5) is 13.2 Å². The van der Waals surface area contributed by atoms with Gasteiger partial charge in [-0.1, -0.05) is 0 Å². The lowest BCUT2D eigenvalue weighted by Crippen LogP contribution is -2.43. The number of nitrogens with one attached hydrogen (secondary N) is 3. The number of hydrogen-bond donors (Lipinski definition) is 3. The van der Waals surface area contributed by atoms with E-state index in [0.29, 0.717) is 24.3 Å². The van der Waals surface area contributed by atoms with Gasteiger partial charge in [0.05, 0.1) is 11.6 Å². The van der Waals surface area contributed by atoms with Crippen molar-refractivity contribution in [1.82, 2.24) is 30.5 Å². The molecular weight excluding hydrogens is 449 g/mol. The third-order valence-corrected chi connectivity index (χ3v) is 6.37. The third-order valence-electron chi connectivity index (χ3n) is 6.37. The van der Waals surface area contributed by atoms with E-state index in [0.717, 1.165) is 61.5 Å². The maximum atomic E-state index is 12.9. The van der Waals surface area contributed by atoms with Crippen LogP contribution >= 0.6 is 0 Å². The molecule has 1 aromatic carbocycles. The molecule has 34 heavy (non-hydrogen) atoms. The van der Waals surface area contributed by atoms with Crippen molar-refractivity contribution in [2.45, 2.75) is 31.2 Å². The molecule has 2 aromatic heterocycles. The number of piperazine rings is 1. The normalized spacial score (nSPS) is 20.0. The largest absolute Gasteiger partial charge is 0.573 e. The van der Waals surface area contributed by atoms with Crippen molar-refractivity contribution in [2.75, 3.05) is 32.7 Å². The highest BCUT2D eigenvalue weighted by Gasteiger charge is 2.31. The average Bonchev–Trinajstić information content (AvgIpc) is 3.28. The van der Waals surface area contributed by atoms with E-state index in [2.05, 4.69) is 30.3 Å². The first-order chi connectivity index (χ1) is 16.4. The number of nitrogens with zero attached hydrogens (tertiary/aromatic N) is 3. The Bertz CT molecular complexity index is 1150. The summed E-state index contributed by atoms with van der Waals surface area (Å²) in [6.45, 7) is 3.74. The second-order valence-corrected chi connectivity index (χ2v) is 8.57. The SMILES string of the molecule is O=C(c1ccc(OC(F)(F)F)cc1)N1CCC(c2ccnc3nc(C4CNCCN4)[nH]c23)CC1. The van der Waals surface area contributed by atoms with Crippen molar-refractivity contribution >= 4 is 17.1 Å². The van der Waals surface area contributed by atoms with Gasteiger partial charge in [-0.3, -0.25) is 4.79 Å². The molecule has 0 spiro atoms. The minimum atomic E-state index is -4.76. The number of H-pyrrole nitrogens is 1. The highest BCUT2D eigenvalue weighted by Crippen LogP contribution is 2.33. The zero-order chi connectivity index (χ0) is 23.7. The first kappa shape index (κ1) is 22.6. The molecule has 1 unspecified atom stereocenters. The van der Waals surface area contributed by atoms with Crippen LogP contribution in [0.15, 0.2) is 36.5 Å². The van der Waals surface area contributed by atoms with Gasteiger partial charge in [-0.05, 0) is 54.7 Å². The van der Waals surface area contributed by atoms with E-state index >= 15 is 0 Å². The number of fused-ring (bicyclic) bond motifs is 1. The van der Waals surface area contributed by atoms with E-state index in [1.807, 2.05) is 6.07 Å². The average molecular weight is 474 g/mol. The molecule has 0 aliphatic carbocycles. The summed E-state index contributed by atoms with van der Waals surface area (Å²) in [6.07, 6.45) is -1.43. The summed E-state index contributed by atoms with van der Waals surface area (Å²) in [5, 5.41) is 6.81. The molecule has 0 radical (unpaired) electrons. The summed E-state index contributed by atoms with van der Waals surface area (Å²) in [6, 6.07) is 7.17. The number of likely N-dealkylation sites (tertiary alicyclic amines) is 1. The second-order valence-electron chi connectivity index (χ2n) is 8.57. The summed E-state index contributed by atoms with van der Waals surface area (Å²) in [7, 11) is 0. The van der Waals surface area contributed by atoms with E-state index < -0.39 is 6.36 Å². The topological polar surface area (TPSA) is 95.2 Å². The monoisotopic (exact) mass is 474 g/mol. The van der Waals surface area contributed by atoms with Crippen LogP contribution in [-0.4, -0.2) is 64.8 Å². The number of aromatic amines is 1. The zero-order valence-electron chi connectivity index (χ0n) is 18.4. The van der Waals surface area contributed by atoms with E-state index in [1.54, 1.807) is 11.1 Å². The number of amides is 1. The van der Waals surface area contributed by atoms with E-state index in [9.17, 15) is 18.0 Å². The van der Waals surface area contributed by atoms with E-state index in [1.165, 1.54) is 12.1 Å². The van der Waals surface area contributed by atoms with Crippen molar-refractivity contribution < 1.29 is 22.7 Å². The van der Waals surface area contributed by atoms with Crippen LogP contribution in [0.3, 0.4) is 0 Å². The van der Waals surface area contributed by atoms with Gasteiger partial charge in [0.25, 0.3) is 5.91 Å². The van der Waals surface area contributed by atoms with Gasteiger partial charge in [-0.15, -0.1) is 13.2 Å². The molecule has 1 atom stereocenters. The smallest absolute Gasteiger partial charge is 0.406 e. The first-order valence-electron chi connectivity index (χ1n) is 11.3. The van der Waals surface area contributed by atoms with Gasteiger partial charge in [0.15, 0.2) is 5.65 Å². The Labute approximate surface area is 193 Å². The number of aromatic nitrogens is 3. The molecule has 2 saturated heterocycles. The quantitative estimate of drug-likeness (QED) is 0.538. The minimum Gasteiger partial charge on any atom is -0.406 e.